The van der Waals surface area contributed by atoms with Crippen LogP contribution in [0.2, 0.25) is 0 Å². The summed E-state index contributed by atoms with van der Waals surface area (Å²) in [7, 11) is 3.16. The Hall–Kier alpha value is -2.76. The van der Waals surface area contributed by atoms with E-state index in [2.05, 4.69) is 10.3 Å². The lowest BCUT2D eigenvalue weighted by Gasteiger charge is -2.11. The number of hydrogen-bond donors (Lipinski definition) is 2. The number of benzene rings is 1. The number of carbonyl (C=O) groups excluding carboxylic acids is 1. The third-order valence-electron chi connectivity index (χ3n) is 2.77. The Morgan fingerprint density at radius 1 is 1.45 bits per heavy atom. The van der Waals surface area contributed by atoms with Crippen LogP contribution in [0.5, 0.6) is 0 Å². The molecular formula is C14H16N4O2. The minimum atomic E-state index is -0.490. The lowest BCUT2D eigenvalue weighted by Crippen LogP contribution is -2.14. The lowest BCUT2D eigenvalue weighted by atomic mass is 10.2. The van der Waals surface area contributed by atoms with Crippen molar-refractivity contribution in [2.45, 2.75) is 0 Å². The normalized spacial score (nSPS) is 11.2. The highest BCUT2D eigenvalue weighted by molar-refractivity contribution is 5.97. The molecule has 0 amide bonds. The number of aromatic nitrogens is 2. The molecule has 0 bridgehead atoms. The van der Waals surface area contributed by atoms with Gasteiger partial charge < -0.3 is 20.4 Å². The highest BCUT2D eigenvalue weighted by Gasteiger charge is 2.12. The van der Waals surface area contributed by atoms with Crippen LogP contribution < -0.4 is 11.1 Å². The first-order chi connectivity index (χ1) is 9.61. The van der Waals surface area contributed by atoms with Crippen LogP contribution >= 0.6 is 0 Å². The number of imidazole rings is 1. The summed E-state index contributed by atoms with van der Waals surface area (Å²) in [6.45, 7) is 0. The molecule has 0 atom stereocenters. The van der Waals surface area contributed by atoms with Gasteiger partial charge in [0.05, 0.1) is 18.5 Å². The summed E-state index contributed by atoms with van der Waals surface area (Å²) in [6, 6.07) is 7.18. The SMILES string of the molecule is COC(=O)C(=Cc1nccn1C)Nc1ccccc1N. The number of para-hydroxylation sites is 2. The fourth-order valence-corrected chi connectivity index (χ4v) is 1.66. The molecule has 0 saturated heterocycles. The van der Waals surface area contributed by atoms with Gasteiger partial charge in [-0.1, -0.05) is 12.1 Å². The number of aryl methyl sites for hydroxylation is 1. The summed E-state index contributed by atoms with van der Waals surface area (Å²) in [5.41, 5.74) is 7.30. The number of nitrogens with zero attached hydrogens (tertiary/aromatic N) is 2. The molecule has 104 valence electrons. The molecule has 0 radical (unpaired) electrons. The molecule has 2 rings (SSSR count). The van der Waals surface area contributed by atoms with E-state index >= 15 is 0 Å². The molecule has 0 saturated carbocycles. The van der Waals surface area contributed by atoms with Gasteiger partial charge >= 0.3 is 5.97 Å². The van der Waals surface area contributed by atoms with Crippen molar-refractivity contribution < 1.29 is 9.53 Å². The van der Waals surface area contributed by atoms with Gasteiger partial charge in [0.25, 0.3) is 0 Å². The van der Waals surface area contributed by atoms with Crippen molar-refractivity contribution in [3.63, 3.8) is 0 Å². The fourth-order valence-electron chi connectivity index (χ4n) is 1.66. The molecule has 1 aromatic carbocycles. The van der Waals surface area contributed by atoms with Crippen molar-refractivity contribution in [2.24, 2.45) is 7.05 Å². The van der Waals surface area contributed by atoms with Crippen molar-refractivity contribution >= 4 is 23.4 Å². The molecule has 6 nitrogen and oxygen atoms in total. The first-order valence-corrected chi connectivity index (χ1v) is 6.00. The Labute approximate surface area is 116 Å². The van der Waals surface area contributed by atoms with Gasteiger partial charge in [0, 0.05) is 25.5 Å². The smallest absolute Gasteiger partial charge is 0.354 e. The minimum Gasteiger partial charge on any atom is -0.464 e. The molecule has 20 heavy (non-hydrogen) atoms. The maximum absolute atomic E-state index is 11.8. The van der Waals surface area contributed by atoms with E-state index in [9.17, 15) is 4.79 Å². The molecule has 0 unspecified atom stereocenters. The summed E-state index contributed by atoms with van der Waals surface area (Å²) in [4.78, 5) is 16.0. The zero-order chi connectivity index (χ0) is 14.5. The maximum Gasteiger partial charge on any atom is 0.354 e. The number of methoxy groups -OCH3 is 1. The van der Waals surface area contributed by atoms with Crippen LogP contribution in [0.15, 0.2) is 42.4 Å². The van der Waals surface area contributed by atoms with E-state index in [1.807, 2.05) is 19.2 Å². The van der Waals surface area contributed by atoms with Gasteiger partial charge in [-0.3, -0.25) is 0 Å². The molecule has 2 aromatic rings. The number of nitrogen functional groups attached to an aromatic ring is 1. The van der Waals surface area contributed by atoms with E-state index in [1.54, 1.807) is 35.2 Å². The van der Waals surface area contributed by atoms with Crippen molar-refractivity contribution in [1.29, 1.82) is 0 Å². The molecule has 0 aliphatic heterocycles. The Morgan fingerprint density at radius 2 is 2.20 bits per heavy atom. The number of esters is 1. The zero-order valence-corrected chi connectivity index (χ0v) is 11.3. The quantitative estimate of drug-likeness (QED) is 0.502. The Balaban J connectivity index is 2.35. The van der Waals surface area contributed by atoms with Gasteiger partial charge in [-0.05, 0) is 12.1 Å². The van der Waals surface area contributed by atoms with E-state index in [4.69, 9.17) is 10.5 Å². The van der Waals surface area contributed by atoms with Crippen molar-refractivity contribution in [2.75, 3.05) is 18.2 Å². The van der Waals surface area contributed by atoms with Gasteiger partial charge in [0.15, 0.2) is 0 Å². The van der Waals surface area contributed by atoms with Gasteiger partial charge in [0.2, 0.25) is 0 Å². The molecule has 1 heterocycles. The van der Waals surface area contributed by atoms with E-state index in [0.717, 1.165) is 0 Å². The van der Waals surface area contributed by atoms with Crippen molar-refractivity contribution in [3.8, 4) is 0 Å². The highest BCUT2D eigenvalue weighted by atomic mass is 16.5. The Kier molecular flexibility index (Phi) is 4.05. The summed E-state index contributed by atoms with van der Waals surface area (Å²) < 4.78 is 6.56. The van der Waals surface area contributed by atoms with E-state index in [0.29, 0.717) is 17.2 Å². The maximum atomic E-state index is 11.8. The standard InChI is InChI=1S/C14H16N4O2/c1-18-8-7-16-13(18)9-12(14(19)20-2)17-11-6-4-3-5-10(11)15/h3-9,17H,15H2,1-2H3. The monoisotopic (exact) mass is 272 g/mol. The summed E-state index contributed by atoms with van der Waals surface area (Å²) in [5.74, 6) is 0.142. The molecule has 0 fully saturated rings. The number of rotatable bonds is 4. The molecule has 3 N–H and O–H groups in total. The first-order valence-electron chi connectivity index (χ1n) is 6.00. The van der Waals surface area contributed by atoms with Crippen LogP contribution in [0.3, 0.4) is 0 Å². The molecule has 6 heteroatoms. The predicted molar refractivity (Wildman–Crippen MR) is 77.7 cm³/mol. The second-order valence-electron chi connectivity index (χ2n) is 4.16. The highest BCUT2D eigenvalue weighted by Crippen LogP contribution is 2.20. The van der Waals surface area contributed by atoms with Crippen molar-refractivity contribution in [1.82, 2.24) is 9.55 Å². The topological polar surface area (TPSA) is 82.2 Å². The van der Waals surface area contributed by atoms with Crippen LogP contribution in [-0.2, 0) is 16.6 Å². The number of nitrogens with one attached hydrogen (secondary N) is 1. The lowest BCUT2D eigenvalue weighted by molar-refractivity contribution is -0.135. The predicted octanol–water partition coefficient (Wildman–Crippen LogP) is 1.63. The second-order valence-corrected chi connectivity index (χ2v) is 4.16. The third kappa shape index (κ3) is 2.97. The zero-order valence-electron chi connectivity index (χ0n) is 11.3. The summed E-state index contributed by atoms with van der Waals surface area (Å²) in [6.07, 6.45) is 5.05. The first kappa shape index (κ1) is 13.7. The summed E-state index contributed by atoms with van der Waals surface area (Å²) in [5, 5.41) is 2.97. The molecule has 0 spiro atoms. The fraction of sp³-hybridized carbons (Fsp3) is 0.143. The van der Waals surface area contributed by atoms with Crippen molar-refractivity contribution in [3.05, 3.63) is 48.2 Å². The van der Waals surface area contributed by atoms with Crippen LogP contribution in [-0.4, -0.2) is 22.6 Å². The average molecular weight is 272 g/mol. The van der Waals surface area contributed by atoms with Crippen LogP contribution in [0.4, 0.5) is 11.4 Å². The Morgan fingerprint density at radius 3 is 2.80 bits per heavy atom. The number of anilines is 2. The van der Waals surface area contributed by atoms with Crippen LogP contribution in [0.25, 0.3) is 6.08 Å². The van der Waals surface area contributed by atoms with Gasteiger partial charge in [-0.25, -0.2) is 9.78 Å². The summed E-state index contributed by atoms with van der Waals surface area (Å²) >= 11 is 0. The second kappa shape index (κ2) is 5.92. The third-order valence-corrected chi connectivity index (χ3v) is 2.77. The van der Waals surface area contributed by atoms with Crippen LogP contribution in [0.1, 0.15) is 5.82 Å². The molecule has 1 aromatic heterocycles. The average Bonchev–Trinajstić information content (AvgIpc) is 2.85. The van der Waals surface area contributed by atoms with E-state index in [1.165, 1.54) is 7.11 Å². The molecule has 0 aliphatic carbocycles. The van der Waals surface area contributed by atoms with Crippen LogP contribution in [0, 0.1) is 0 Å². The minimum absolute atomic E-state index is 0.264. The number of ether oxygens (including phenoxy) is 1. The largest absolute Gasteiger partial charge is 0.464 e. The Bertz CT molecular complexity index is 646. The van der Waals surface area contributed by atoms with Gasteiger partial charge in [0.1, 0.15) is 11.5 Å². The number of carbonyl (C=O) groups is 1. The number of hydrogen-bond acceptors (Lipinski definition) is 5. The molecule has 0 aliphatic rings. The van der Waals surface area contributed by atoms with E-state index < -0.39 is 5.97 Å². The van der Waals surface area contributed by atoms with Gasteiger partial charge in [-0.2, -0.15) is 0 Å². The number of nitrogens with two attached hydrogens (primary N) is 1. The molecular weight excluding hydrogens is 256 g/mol. The van der Waals surface area contributed by atoms with Gasteiger partial charge in [-0.15, -0.1) is 0 Å². The van der Waals surface area contributed by atoms with E-state index in [-0.39, 0.29) is 5.70 Å².